The summed E-state index contributed by atoms with van der Waals surface area (Å²) in [5, 5.41) is 0. The molecule has 0 aromatic heterocycles. The van der Waals surface area contributed by atoms with E-state index in [0.717, 1.165) is 12.1 Å². The highest BCUT2D eigenvalue weighted by atomic mass is 19.4. The minimum Gasteiger partial charge on any atom is -0.399 e. The lowest BCUT2D eigenvalue weighted by atomic mass is 9.78. The van der Waals surface area contributed by atoms with Gasteiger partial charge in [0.25, 0.3) is 0 Å². The molecular weight excluding hydrogens is 384 g/mol. The van der Waals surface area contributed by atoms with Gasteiger partial charge in [-0.05, 0) is 53.8 Å². The molecule has 2 aromatic rings. The van der Waals surface area contributed by atoms with Crippen molar-refractivity contribution in [3.63, 3.8) is 0 Å². The summed E-state index contributed by atoms with van der Waals surface area (Å²) in [7, 11) is 0. The molecule has 0 saturated carbocycles. The van der Waals surface area contributed by atoms with Crippen molar-refractivity contribution in [1.29, 1.82) is 0 Å². The molecule has 2 aromatic carbocycles. The van der Waals surface area contributed by atoms with Crippen molar-refractivity contribution >= 4 is 17.5 Å². The van der Waals surface area contributed by atoms with Crippen LogP contribution in [0.4, 0.5) is 37.7 Å². The van der Waals surface area contributed by atoms with Gasteiger partial charge >= 0.3 is 12.4 Å². The Bertz CT molecular complexity index is 946. The smallest absolute Gasteiger partial charge is 0.399 e. The number of halogens is 6. The van der Waals surface area contributed by atoms with Crippen LogP contribution in [-0.4, -0.2) is 6.18 Å². The first-order valence-corrected chi connectivity index (χ1v) is 8.23. The molecule has 1 unspecified atom stereocenters. The molecule has 0 bridgehead atoms. The van der Waals surface area contributed by atoms with E-state index in [9.17, 15) is 26.3 Å². The number of hydrogen-bond acceptors (Lipinski definition) is 3. The zero-order chi connectivity index (χ0) is 20.9. The van der Waals surface area contributed by atoms with Gasteiger partial charge < -0.3 is 17.2 Å². The Kier molecular flexibility index (Phi) is 4.61. The first-order valence-electron chi connectivity index (χ1n) is 8.23. The van der Waals surface area contributed by atoms with Crippen molar-refractivity contribution in [1.82, 2.24) is 0 Å². The predicted molar refractivity (Wildman–Crippen MR) is 95.1 cm³/mol. The fraction of sp³-hybridized carbons (Fsp3) is 0.263. The number of nitrogens with two attached hydrogens (primary N) is 3. The average Bonchev–Trinajstić information content (AvgIpc) is 2.53. The molecule has 0 amide bonds. The van der Waals surface area contributed by atoms with Crippen LogP contribution >= 0.6 is 0 Å². The van der Waals surface area contributed by atoms with Gasteiger partial charge in [0, 0.05) is 16.9 Å². The van der Waals surface area contributed by atoms with Crippen LogP contribution in [-0.2, 0) is 18.1 Å². The summed E-state index contributed by atoms with van der Waals surface area (Å²) in [5.74, 6) is 0. The molecule has 28 heavy (non-hydrogen) atoms. The second-order valence-electron chi connectivity index (χ2n) is 6.86. The Morgan fingerprint density at radius 1 is 0.893 bits per heavy atom. The molecule has 6 N–H and O–H groups in total. The van der Waals surface area contributed by atoms with Crippen molar-refractivity contribution in [3.05, 3.63) is 64.2 Å². The SMILES string of the molecule is Nc1cc(Cc2cc(N)c3c(c2)C(N)(C(F)(F)F)CC=C3)cc(C(F)(F)F)c1. The van der Waals surface area contributed by atoms with Crippen molar-refractivity contribution in [3.8, 4) is 0 Å². The molecular formula is C19H17F6N3. The molecule has 150 valence electrons. The van der Waals surface area contributed by atoms with Gasteiger partial charge in [0.2, 0.25) is 0 Å². The van der Waals surface area contributed by atoms with Crippen LogP contribution in [0, 0.1) is 0 Å². The van der Waals surface area contributed by atoms with Crippen LogP contribution in [0.2, 0.25) is 0 Å². The Balaban J connectivity index is 2.07. The van der Waals surface area contributed by atoms with Crippen LogP contribution < -0.4 is 17.2 Å². The normalized spacial score (nSPS) is 19.5. The van der Waals surface area contributed by atoms with Gasteiger partial charge in [-0.25, -0.2) is 0 Å². The first kappa shape index (κ1) is 20.1. The summed E-state index contributed by atoms with van der Waals surface area (Å²) in [6, 6.07) is 5.72. The van der Waals surface area contributed by atoms with Crippen LogP contribution in [0.15, 0.2) is 36.4 Å². The summed E-state index contributed by atoms with van der Waals surface area (Å²) in [4.78, 5) is 0. The van der Waals surface area contributed by atoms with Gasteiger partial charge in [-0.15, -0.1) is 0 Å². The van der Waals surface area contributed by atoms with Gasteiger partial charge in [-0.1, -0.05) is 18.2 Å². The Morgan fingerprint density at radius 3 is 2.14 bits per heavy atom. The maximum Gasteiger partial charge on any atom is 0.416 e. The van der Waals surface area contributed by atoms with Gasteiger partial charge in [-0.2, -0.15) is 26.3 Å². The molecule has 0 saturated heterocycles. The number of alkyl halides is 6. The van der Waals surface area contributed by atoms with Gasteiger partial charge in [0.15, 0.2) is 0 Å². The van der Waals surface area contributed by atoms with E-state index in [-0.39, 0.29) is 34.5 Å². The fourth-order valence-electron chi connectivity index (χ4n) is 3.36. The van der Waals surface area contributed by atoms with Crippen LogP contribution in [0.3, 0.4) is 0 Å². The molecule has 0 fully saturated rings. The second kappa shape index (κ2) is 6.44. The molecule has 0 radical (unpaired) electrons. The third-order valence-electron chi connectivity index (χ3n) is 4.73. The van der Waals surface area contributed by atoms with Crippen molar-refractivity contribution < 1.29 is 26.3 Å². The summed E-state index contributed by atoms with van der Waals surface area (Å²) in [5.41, 5.74) is 14.1. The molecule has 0 heterocycles. The van der Waals surface area contributed by atoms with Crippen molar-refractivity contribution in [2.75, 3.05) is 11.5 Å². The monoisotopic (exact) mass is 401 g/mol. The van der Waals surface area contributed by atoms with Crippen LogP contribution in [0.1, 0.15) is 34.2 Å². The minimum absolute atomic E-state index is 0.0717. The summed E-state index contributed by atoms with van der Waals surface area (Å²) >= 11 is 0. The highest BCUT2D eigenvalue weighted by Gasteiger charge is 2.54. The highest BCUT2D eigenvalue weighted by molar-refractivity contribution is 5.72. The number of nitrogen functional groups attached to an aromatic ring is 2. The Morgan fingerprint density at radius 2 is 1.54 bits per heavy atom. The number of fused-ring (bicyclic) bond motifs is 1. The largest absolute Gasteiger partial charge is 0.416 e. The number of benzene rings is 2. The molecule has 3 nitrogen and oxygen atoms in total. The summed E-state index contributed by atoms with van der Waals surface area (Å²) < 4.78 is 79.7. The third kappa shape index (κ3) is 3.54. The number of anilines is 2. The molecule has 1 aliphatic rings. The lowest BCUT2D eigenvalue weighted by molar-refractivity contribution is -0.189. The maximum absolute atomic E-state index is 13.6. The summed E-state index contributed by atoms with van der Waals surface area (Å²) in [6.45, 7) is 0. The molecule has 0 aliphatic heterocycles. The standard InChI is InChI=1S/C19H17F6N3/c20-18(21,22)12-5-10(6-13(26)9-12)4-11-7-15-14(16(27)8-11)2-1-3-17(15,28)19(23,24)25/h1-2,5-9H,3-4,26-28H2. The summed E-state index contributed by atoms with van der Waals surface area (Å²) in [6.07, 6.45) is -7.08. The zero-order valence-electron chi connectivity index (χ0n) is 14.5. The third-order valence-corrected chi connectivity index (χ3v) is 4.73. The van der Waals surface area contributed by atoms with Crippen LogP contribution in [0.25, 0.3) is 6.08 Å². The van der Waals surface area contributed by atoms with E-state index < -0.39 is 29.9 Å². The van der Waals surface area contributed by atoms with E-state index >= 15 is 0 Å². The first-order chi connectivity index (χ1) is 12.8. The lowest BCUT2D eigenvalue weighted by Crippen LogP contribution is -2.51. The van der Waals surface area contributed by atoms with Gasteiger partial charge in [0.1, 0.15) is 5.54 Å². The predicted octanol–water partition coefficient (Wildman–Crippen LogP) is 4.59. The second-order valence-corrected chi connectivity index (χ2v) is 6.86. The minimum atomic E-state index is -4.72. The zero-order valence-corrected chi connectivity index (χ0v) is 14.5. The Labute approximate surface area is 156 Å². The lowest BCUT2D eigenvalue weighted by Gasteiger charge is -2.35. The maximum atomic E-state index is 13.6. The van der Waals surface area contributed by atoms with E-state index in [2.05, 4.69) is 0 Å². The number of hydrogen-bond donors (Lipinski definition) is 3. The van der Waals surface area contributed by atoms with E-state index in [1.165, 1.54) is 30.4 Å². The number of rotatable bonds is 2. The fourth-order valence-corrected chi connectivity index (χ4v) is 3.36. The highest BCUT2D eigenvalue weighted by Crippen LogP contribution is 2.45. The van der Waals surface area contributed by atoms with Crippen molar-refractivity contribution in [2.45, 2.75) is 30.7 Å². The van der Waals surface area contributed by atoms with E-state index in [1.54, 1.807) is 0 Å². The molecule has 0 spiro atoms. The van der Waals surface area contributed by atoms with Crippen molar-refractivity contribution in [2.24, 2.45) is 5.73 Å². The topological polar surface area (TPSA) is 78.1 Å². The van der Waals surface area contributed by atoms with E-state index in [4.69, 9.17) is 17.2 Å². The molecule has 1 atom stereocenters. The molecule has 9 heteroatoms. The van der Waals surface area contributed by atoms with Gasteiger partial charge in [-0.3, -0.25) is 0 Å². The van der Waals surface area contributed by atoms with Gasteiger partial charge in [0.05, 0.1) is 5.56 Å². The Hall–Kier alpha value is -2.68. The molecule has 1 aliphatic carbocycles. The van der Waals surface area contributed by atoms with E-state index in [1.807, 2.05) is 0 Å². The average molecular weight is 401 g/mol. The quantitative estimate of drug-likeness (QED) is 0.509. The van der Waals surface area contributed by atoms with E-state index in [0.29, 0.717) is 5.56 Å². The van der Waals surface area contributed by atoms with Crippen LogP contribution in [0.5, 0.6) is 0 Å². The molecule has 3 rings (SSSR count).